The molecule has 0 radical (unpaired) electrons. The maximum absolute atomic E-state index is 6.04. The molecule has 0 aromatic heterocycles. The molecule has 1 atom stereocenters. The monoisotopic (exact) mass is 295 g/mol. The zero-order valence-electron chi connectivity index (χ0n) is 12.7. The Morgan fingerprint density at radius 1 is 0.955 bits per heavy atom. The second-order valence-corrected chi connectivity index (χ2v) is 5.95. The minimum Gasteiger partial charge on any atom is -0.353 e. The number of ether oxygens (including phenoxy) is 2. The van der Waals surface area contributed by atoms with E-state index in [1.54, 1.807) is 0 Å². The van der Waals surface area contributed by atoms with E-state index in [-0.39, 0.29) is 6.29 Å². The van der Waals surface area contributed by atoms with E-state index in [9.17, 15) is 0 Å². The number of rotatable bonds is 3. The number of fused-ring (bicyclic) bond motifs is 2. The molecule has 2 heterocycles. The third kappa shape index (κ3) is 2.62. The lowest BCUT2D eigenvalue weighted by atomic mass is 9.96. The molecule has 2 aromatic rings. The topological polar surface area (TPSA) is 21.7 Å². The molecule has 0 N–H and O–H groups in total. The molecule has 3 nitrogen and oxygen atoms in total. The molecule has 114 valence electrons. The van der Waals surface area contributed by atoms with E-state index in [4.69, 9.17) is 9.47 Å². The number of nitrogens with zero attached hydrogens (tertiary/aromatic N) is 1. The van der Waals surface area contributed by atoms with Crippen LogP contribution < -0.4 is 4.90 Å². The molecule has 2 aromatic carbocycles. The van der Waals surface area contributed by atoms with E-state index in [1.807, 2.05) is 0 Å². The van der Waals surface area contributed by atoms with Crippen LogP contribution in [-0.4, -0.2) is 19.6 Å². The van der Waals surface area contributed by atoms with Gasteiger partial charge in [-0.2, -0.15) is 0 Å². The van der Waals surface area contributed by atoms with Gasteiger partial charge in [0.2, 0.25) is 0 Å². The Labute approximate surface area is 131 Å². The van der Waals surface area contributed by atoms with Gasteiger partial charge in [-0.05, 0) is 42.5 Å². The van der Waals surface area contributed by atoms with Crippen LogP contribution in [0.25, 0.3) is 0 Å². The summed E-state index contributed by atoms with van der Waals surface area (Å²) in [5.41, 5.74) is 5.21. The summed E-state index contributed by atoms with van der Waals surface area (Å²) in [4.78, 5) is 2.27. The Bertz CT molecular complexity index is 604. The fourth-order valence-corrected chi connectivity index (χ4v) is 3.32. The van der Waals surface area contributed by atoms with Crippen LogP contribution in [0.15, 0.2) is 48.5 Å². The summed E-state index contributed by atoms with van der Waals surface area (Å²) in [5, 5.41) is 0. The number of anilines is 2. The molecule has 0 spiro atoms. The fourth-order valence-electron chi connectivity index (χ4n) is 3.32. The molecular formula is C19H21NO2. The van der Waals surface area contributed by atoms with Gasteiger partial charge in [0.15, 0.2) is 6.29 Å². The molecule has 1 fully saturated rings. The maximum Gasteiger partial charge on any atom is 0.159 e. The highest BCUT2D eigenvalue weighted by molar-refractivity contribution is 5.73. The minimum atomic E-state index is -0.0602. The Morgan fingerprint density at radius 3 is 2.27 bits per heavy atom. The van der Waals surface area contributed by atoms with Crippen LogP contribution in [0, 0.1) is 0 Å². The van der Waals surface area contributed by atoms with Crippen LogP contribution in [0.2, 0.25) is 0 Å². The summed E-state index contributed by atoms with van der Waals surface area (Å²) in [6, 6.07) is 17.2. The lowest BCUT2D eigenvalue weighted by Crippen LogP contribution is -2.31. The number of para-hydroxylation sites is 2. The van der Waals surface area contributed by atoms with Gasteiger partial charge >= 0.3 is 0 Å². The van der Waals surface area contributed by atoms with Crippen LogP contribution in [0.4, 0.5) is 11.4 Å². The molecule has 1 saturated heterocycles. The lowest BCUT2D eigenvalue weighted by Gasteiger charge is -2.34. The first-order valence-corrected chi connectivity index (χ1v) is 8.08. The molecule has 4 rings (SSSR count). The van der Waals surface area contributed by atoms with Crippen LogP contribution in [-0.2, 0) is 15.9 Å². The average molecular weight is 295 g/mol. The van der Waals surface area contributed by atoms with Gasteiger partial charge in [-0.25, -0.2) is 0 Å². The van der Waals surface area contributed by atoms with Gasteiger partial charge in [-0.15, -0.1) is 0 Å². The van der Waals surface area contributed by atoms with Gasteiger partial charge in [-0.3, -0.25) is 0 Å². The first-order chi connectivity index (χ1) is 10.9. The van der Waals surface area contributed by atoms with Crippen molar-refractivity contribution in [3.8, 4) is 0 Å². The molecule has 0 bridgehead atoms. The van der Waals surface area contributed by atoms with Gasteiger partial charge < -0.3 is 14.4 Å². The zero-order valence-corrected chi connectivity index (χ0v) is 12.7. The van der Waals surface area contributed by atoms with Crippen molar-refractivity contribution in [1.29, 1.82) is 0 Å². The Balaban J connectivity index is 1.60. The van der Waals surface area contributed by atoms with E-state index >= 15 is 0 Å². The minimum absolute atomic E-state index is 0.0602. The quantitative estimate of drug-likeness (QED) is 0.846. The Kier molecular flexibility index (Phi) is 3.83. The van der Waals surface area contributed by atoms with Crippen molar-refractivity contribution in [2.75, 3.05) is 18.2 Å². The number of benzene rings is 2. The first kappa shape index (κ1) is 13.8. The smallest absolute Gasteiger partial charge is 0.159 e. The molecular weight excluding hydrogens is 274 g/mol. The maximum atomic E-state index is 6.04. The van der Waals surface area contributed by atoms with Crippen LogP contribution in [0.3, 0.4) is 0 Å². The van der Waals surface area contributed by atoms with E-state index in [0.29, 0.717) is 6.73 Å². The zero-order chi connectivity index (χ0) is 14.8. The van der Waals surface area contributed by atoms with Crippen molar-refractivity contribution in [2.45, 2.75) is 32.0 Å². The molecule has 0 saturated carbocycles. The van der Waals surface area contributed by atoms with E-state index in [1.165, 1.54) is 28.9 Å². The summed E-state index contributed by atoms with van der Waals surface area (Å²) in [6.07, 6.45) is 4.27. The fraction of sp³-hybridized carbons (Fsp3) is 0.368. The van der Waals surface area contributed by atoms with Crippen molar-refractivity contribution in [2.24, 2.45) is 0 Å². The SMILES string of the molecule is c1ccc2c(c1)Cc1ccccc1N2COC1CCCCO1. The lowest BCUT2D eigenvalue weighted by molar-refractivity contribution is -0.160. The summed E-state index contributed by atoms with van der Waals surface area (Å²) < 4.78 is 11.7. The van der Waals surface area contributed by atoms with E-state index in [2.05, 4.69) is 53.4 Å². The summed E-state index contributed by atoms with van der Waals surface area (Å²) in [6.45, 7) is 1.36. The van der Waals surface area contributed by atoms with Gasteiger partial charge in [0.25, 0.3) is 0 Å². The average Bonchev–Trinajstić information content (AvgIpc) is 2.59. The molecule has 22 heavy (non-hydrogen) atoms. The third-order valence-electron chi connectivity index (χ3n) is 4.47. The second-order valence-electron chi connectivity index (χ2n) is 5.95. The highest BCUT2D eigenvalue weighted by Gasteiger charge is 2.23. The Morgan fingerprint density at radius 2 is 1.64 bits per heavy atom. The van der Waals surface area contributed by atoms with Crippen LogP contribution >= 0.6 is 0 Å². The van der Waals surface area contributed by atoms with Crippen molar-refractivity contribution in [1.82, 2.24) is 0 Å². The van der Waals surface area contributed by atoms with Gasteiger partial charge in [-0.1, -0.05) is 36.4 Å². The van der Waals surface area contributed by atoms with Gasteiger partial charge in [0, 0.05) is 24.4 Å². The van der Waals surface area contributed by atoms with Crippen molar-refractivity contribution < 1.29 is 9.47 Å². The molecule has 2 aliphatic rings. The van der Waals surface area contributed by atoms with Crippen molar-refractivity contribution in [3.63, 3.8) is 0 Å². The normalized spacial score (nSPS) is 20.4. The molecule has 2 aliphatic heterocycles. The van der Waals surface area contributed by atoms with Crippen LogP contribution in [0.5, 0.6) is 0 Å². The standard InChI is InChI=1S/C19H21NO2/c1-3-9-17-15(7-1)13-16-8-2-4-10-18(16)20(17)14-22-19-11-5-6-12-21-19/h1-4,7-10,19H,5-6,11-14H2. The number of hydrogen-bond donors (Lipinski definition) is 0. The molecule has 0 amide bonds. The van der Waals surface area contributed by atoms with Gasteiger partial charge in [0.05, 0.1) is 0 Å². The number of hydrogen-bond acceptors (Lipinski definition) is 3. The van der Waals surface area contributed by atoms with Crippen LogP contribution in [0.1, 0.15) is 30.4 Å². The summed E-state index contributed by atoms with van der Waals surface area (Å²) >= 11 is 0. The third-order valence-corrected chi connectivity index (χ3v) is 4.47. The molecule has 1 unspecified atom stereocenters. The van der Waals surface area contributed by atoms with Crippen molar-refractivity contribution >= 4 is 11.4 Å². The van der Waals surface area contributed by atoms with Gasteiger partial charge in [0.1, 0.15) is 6.73 Å². The molecule has 3 heteroatoms. The highest BCUT2D eigenvalue weighted by Crippen LogP contribution is 2.38. The first-order valence-electron chi connectivity index (χ1n) is 8.08. The summed E-state index contributed by atoms with van der Waals surface area (Å²) in [7, 11) is 0. The predicted octanol–water partition coefficient (Wildman–Crippen LogP) is 4.23. The summed E-state index contributed by atoms with van der Waals surface area (Å²) in [5.74, 6) is 0. The highest BCUT2D eigenvalue weighted by atomic mass is 16.7. The predicted molar refractivity (Wildman–Crippen MR) is 87.4 cm³/mol. The largest absolute Gasteiger partial charge is 0.353 e. The molecule has 0 aliphatic carbocycles. The second kappa shape index (κ2) is 6.11. The van der Waals surface area contributed by atoms with E-state index in [0.717, 1.165) is 25.9 Å². The Hall–Kier alpha value is -1.84. The van der Waals surface area contributed by atoms with E-state index < -0.39 is 0 Å². The van der Waals surface area contributed by atoms with Crippen molar-refractivity contribution in [3.05, 3.63) is 59.7 Å².